The Morgan fingerprint density at radius 1 is 1.47 bits per heavy atom. The fourth-order valence-electron chi connectivity index (χ4n) is 1.24. The van der Waals surface area contributed by atoms with Crippen LogP contribution in [0.4, 0.5) is 18.9 Å². The lowest BCUT2D eigenvalue weighted by Gasteiger charge is -2.19. The van der Waals surface area contributed by atoms with E-state index >= 15 is 0 Å². The van der Waals surface area contributed by atoms with Crippen molar-refractivity contribution in [3.05, 3.63) is 29.6 Å². The second kappa shape index (κ2) is 4.69. The van der Waals surface area contributed by atoms with Crippen molar-refractivity contribution in [3.63, 3.8) is 0 Å². The summed E-state index contributed by atoms with van der Waals surface area (Å²) in [6, 6.07) is 5.24. The summed E-state index contributed by atoms with van der Waals surface area (Å²) in [5, 5.41) is 8.70. The summed E-state index contributed by atoms with van der Waals surface area (Å²) in [7, 11) is 1.43. The van der Waals surface area contributed by atoms with E-state index in [1.165, 1.54) is 18.0 Å². The summed E-state index contributed by atoms with van der Waals surface area (Å²) in [5.41, 5.74) is 0.359. The van der Waals surface area contributed by atoms with E-state index in [1.54, 1.807) is 6.07 Å². The van der Waals surface area contributed by atoms with Crippen LogP contribution in [0.15, 0.2) is 18.2 Å². The van der Waals surface area contributed by atoms with Crippen molar-refractivity contribution in [2.24, 2.45) is 0 Å². The van der Waals surface area contributed by atoms with Gasteiger partial charge in [0.2, 0.25) is 0 Å². The molecule has 1 aromatic carbocycles. The molecule has 80 valence electrons. The molecule has 0 spiro atoms. The van der Waals surface area contributed by atoms with Crippen molar-refractivity contribution in [1.29, 1.82) is 5.26 Å². The minimum atomic E-state index is -2.49. The van der Waals surface area contributed by atoms with E-state index < -0.39 is 18.8 Å². The zero-order valence-corrected chi connectivity index (χ0v) is 8.04. The predicted octanol–water partition coefficient (Wildman–Crippen LogP) is 2.40. The maximum atomic E-state index is 12.7. The number of rotatable bonds is 3. The van der Waals surface area contributed by atoms with Crippen LogP contribution in [-0.2, 0) is 0 Å². The van der Waals surface area contributed by atoms with Gasteiger partial charge in [-0.2, -0.15) is 5.26 Å². The Kier molecular flexibility index (Phi) is 3.56. The summed E-state index contributed by atoms with van der Waals surface area (Å²) in [5.74, 6) is -0.555. The van der Waals surface area contributed by atoms with E-state index in [4.69, 9.17) is 5.26 Å². The van der Waals surface area contributed by atoms with E-state index in [-0.39, 0.29) is 5.56 Å². The van der Waals surface area contributed by atoms with Crippen LogP contribution in [0.25, 0.3) is 0 Å². The first-order valence-corrected chi connectivity index (χ1v) is 4.23. The standard InChI is InChI=1S/C10H9F3N2/c1-15(6-10(12)13)9-3-2-8(11)4-7(9)5-14/h2-4,10H,6H2,1H3. The van der Waals surface area contributed by atoms with Crippen LogP contribution in [0.5, 0.6) is 0 Å². The van der Waals surface area contributed by atoms with E-state index in [1.807, 2.05) is 0 Å². The zero-order valence-electron chi connectivity index (χ0n) is 8.04. The highest BCUT2D eigenvalue weighted by Crippen LogP contribution is 2.20. The lowest BCUT2D eigenvalue weighted by molar-refractivity contribution is 0.156. The topological polar surface area (TPSA) is 27.0 Å². The molecule has 1 aromatic rings. The summed E-state index contributed by atoms with van der Waals surface area (Å²) >= 11 is 0. The van der Waals surface area contributed by atoms with Crippen molar-refractivity contribution < 1.29 is 13.2 Å². The predicted molar refractivity (Wildman–Crippen MR) is 50.4 cm³/mol. The highest BCUT2D eigenvalue weighted by Gasteiger charge is 2.12. The first kappa shape index (κ1) is 11.4. The van der Waals surface area contributed by atoms with Crippen LogP contribution in [0.3, 0.4) is 0 Å². The van der Waals surface area contributed by atoms with Crippen molar-refractivity contribution in [2.75, 3.05) is 18.5 Å². The van der Waals surface area contributed by atoms with E-state index in [9.17, 15) is 13.2 Å². The number of hydrogen-bond acceptors (Lipinski definition) is 2. The Balaban J connectivity index is 2.99. The molecule has 0 aliphatic carbocycles. The molecule has 0 aliphatic rings. The van der Waals surface area contributed by atoms with Gasteiger partial charge in [-0.3, -0.25) is 0 Å². The molecule has 15 heavy (non-hydrogen) atoms. The smallest absolute Gasteiger partial charge is 0.255 e. The van der Waals surface area contributed by atoms with Crippen LogP contribution in [-0.4, -0.2) is 20.0 Å². The van der Waals surface area contributed by atoms with Gasteiger partial charge in [0, 0.05) is 7.05 Å². The second-order valence-corrected chi connectivity index (χ2v) is 3.04. The number of alkyl halides is 2. The van der Waals surface area contributed by atoms with Crippen molar-refractivity contribution in [1.82, 2.24) is 0 Å². The van der Waals surface area contributed by atoms with Gasteiger partial charge < -0.3 is 4.90 Å². The van der Waals surface area contributed by atoms with Gasteiger partial charge in [-0.05, 0) is 18.2 Å². The molecule has 0 aromatic heterocycles. The molecule has 0 heterocycles. The number of nitriles is 1. The third-order valence-corrected chi connectivity index (χ3v) is 1.90. The van der Waals surface area contributed by atoms with Gasteiger partial charge in [0.15, 0.2) is 0 Å². The van der Waals surface area contributed by atoms with Gasteiger partial charge in [-0.1, -0.05) is 0 Å². The van der Waals surface area contributed by atoms with E-state index in [0.29, 0.717) is 5.69 Å². The largest absolute Gasteiger partial charge is 0.368 e. The van der Waals surface area contributed by atoms with E-state index in [0.717, 1.165) is 12.1 Å². The Bertz CT molecular complexity index is 385. The third kappa shape index (κ3) is 2.88. The van der Waals surface area contributed by atoms with Crippen molar-refractivity contribution in [2.45, 2.75) is 6.43 Å². The molecular weight excluding hydrogens is 205 g/mol. The number of benzene rings is 1. The number of halogens is 3. The lowest BCUT2D eigenvalue weighted by Crippen LogP contribution is -2.24. The fraction of sp³-hybridized carbons (Fsp3) is 0.300. The number of hydrogen-bond donors (Lipinski definition) is 0. The summed E-state index contributed by atoms with van der Waals surface area (Å²) in [6.45, 7) is -0.486. The molecule has 2 nitrogen and oxygen atoms in total. The Morgan fingerprint density at radius 3 is 2.67 bits per heavy atom. The SMILES string of the molecule is CN(CC(F)F)c1ccc(F)cc1C#N. The van der Waals surface area contributed by atoms with Gasteiger partial charge in [-0.15, -0.1) is 0 Å². The molecule has 0 atom stereocenters. The first-order chi connectivity index (χ1) is 7.04. The third-order valence-electron chi connectivity index (χ3n) is 1.90. The maximum Gasteiger partial charge on any atom is 0.255 e. The molecule has 0 amide bonds. The van der Waals surface area contributed by atoms with Crippen LogP contribution in [0.1, 0.15) is 5.56 Å². The fourth-order valence-corrected chi connectivity index (χ4v) is 1.24. The summed E-state index contributed by atoms with van der Waals surface area (Å²) < 4.78 is 36.9. The van der Waals surface area contributed by atoms with Gasteiger partial charge in [0.1, 0.15) is 11.9 Å². The Hall–Kier alpha value is -1.70. The minimum absolute atomic E-state index is 0.0538. The molecule has 0 fully saturated rings. The summed E-state index contributed by atoms with van der Waals surface area (Å²) in [6.07, 6.45) is -2.49. The molecule has 0 bridgehead atoms. The Morgan fingerprint density at radius 2 is 2.13 bits per heavy atom. The average Bonchev–Trinajstić information content (AvgIpc) is 2.16. The molecule has 1 rings (SSSR count). The molecule has 0 saturated heterocycles. The molecule has 5 heteroatoms. The van der Waals surface area contributed by atoms with Crippen LogP contribution >= 0.6 is 0 Å². The maximum absolute atomic E-state index is 12.7. The number of nitrogens with zero attached hydrogens (tertiary/aromatic N) is 2. The molecule has 0 saturated carbocycles. The highest BCUT2D eigenvalue weighted by atomic mass is 19.3. The highest BCUT2D eigenvalue weighted by molar-refractivity contribution is 5.58. The molecular formula is C10H9F3N2. The second-order valence-electron chi connectivity index (χ2n) is 3.04. The van der Waals surface area contributed by atoms with Crippen LogP contribution in [0.2, 0.25) is 0 Å². The monoisotopic (exact) mass is 214 g/mol. The van der Waals surface area contributed by atoms with Crippen LogP contribution in [0, 0.1) is 17.1 Å². The van der Waals surface area contributed by atoms with Gasteiger partial charge in [0.25, 0.3) is 6.43 Å². The average molecular weight is 214 g/mol. The molecule has 0 radical (unpaired) electrons. The van der Waals surface area contributed by atoms with E-state index in [2.05, 4.69) is 0 Å². The van der Waals surface area contributed by atoms with Gasteiger partial charge in [0.05, 0.1) is 17.8 Å². The van der Waals surface area contributed by atoms with Crippen molar-refractivity contribution in [3.8, 4) is 6.07 Å². The molecule has 0 unspecified atom stereocenters. The van der Waals surface area contributed by atoms with Gasteiger partial charge >= 0.3 is 0 Å². The van der Waals surface area contributed by atoms with Crippen molar-refractivity contribution >= 4 is 5.69 Å². The first-order valence-electron chi connectivity index (χ1n) is 4.23. The molecule has 0 aliphatic heterocycles. The van der Waals surface area contributed by atoms with Crippen LogP contribution < -0.4 is 4.90 Å². The minimum Gasteiger partial charge on any atom is -0.368 e. The number of anilines is 1. The molecule has 0 N–H and O–H groups in total. The Labute approximate surface area is 85.5 Å². The summed E-state index contributed by atoms with van der Waals surface area (Å²) in [4.78, 5) is 1.22. The lowest BCUT2D eigenvalue weighted by atomic mass is 10.2. The zero-order chi connectivity index (χ0) is 11.4. The van der Waals surface area contributed by atoms with Gasteiger partial charge in [-0.25, -0.2) is 13.2 Å². The quantitative estimate of drug-likeness (QED) is 0.772. The normalized spacial score (nSPS) is 10.1.